The number of hydrogen-bond donors (Lipinski definition) is 1. The van der Waals surface area contributed by atoms with E-state index in [0.29, 0.717) is 10.8 Å². The molecule has 0 aliphatic rings. The third-order valence-corrected chi connectivity index (χ3v) is 4.50. The Bertz CT molecular complexity index is 848. The van der Waals surface area contributed by atoms with Gasteiger partial charge in [0.1, 0.15) is 5.82 Å². The average Bonchev–Trinajstić information content (AvgIpc) is 3.04. The van der Waals surface area contributed by atoms with Gasteiger partial charge in [0.25, 0.3) is 0 Å². The van der Waals surface area contributed by atoms with E-state index < -0.39 is 0 Å². The van der Waals surface area contributed by atoms with E-state index in [-0.39, 0.29) is 11.7 Å². The number of anilines is 1. The third kappa shape index (κ3) is 3.96. The number of para-hydroxylation sites is 1. The van der Waals surface area contributed by atoms with Crippen molar-refractivity contribution in [3.8, 4) is 5.69 Å². The van der Waals surface area contributed by atoms with Crippen molar-refractivity contribution < 1.29 is 4.79 Å². The van der Waals surface area contributed by atoms with Crippen molar-refractivity contribution in [1.29, 1.82) is 0 Å². The van der Waals surface area contributed by atoms with E-state index in [9.17, 15) is 4.79 Å². The van der Waals surface area contributed by atoms with Crippen molar-refractivity contribution in [2.45, 2.75) is 12.1 Å². The van der Waals surface area contributed by atoms with E-state index in [2.05, 4.69) is 15.3 Å². The van der Waals surface area contributed by atoms with Crippen LogP contribution in [0.2, 0.25) is 5.02 Å². The molecule has 0 saturated heterocycles. The van der Waals surface area contributed by atoms with E-state index in [4.69, 9.17) is 11.6 Å². The molecule has 5 nitrogen and oxygen atoms in total. The lowest BCUT2D eigenvalue weighted by atomic mass is 10.2. The number of hydrogen-bond acceptors (Lipinski definition) is 4. The van der Waals surface area contributed by atoms with Gasteiger partial charge in [-0.3, -0.25) is 9.36 Å². The molecule has 0 aliphatic carbocycles. The Morgan fingerprint density at radius 1 is 1.25 bits per heavy atom. The number of nitrogens with zero attached hydrogens (tertiary/aromatic N) is 3. The molecule has 2 aromatic heterocycles. The molecule has 24 heavy (non-hydrogen) atoms. The number of carbonyl (C=O) groups excluding carboxylic acids is 1. The second-order valence-corrected chi connectivity index (χ2v) is 6.44. The molecule has 0 aliphatic heterocycles. The summed E-state index contributed by atoms with van der Waals surface area (Å²) < 4.78 is 1.98. The summed E-state index contributed by atoms with van der Waals surface area (Å²) in [5.41, 5.74) is 2.20. The minimum Gasteiger partial charge on any atom is -0.310 e. The van der Waals surface area contributed by atoms with Gasteiger partial charge in [-0.2, -0.15) is 0 Å². The van der Waals surface area contributed by atoms with Crippen LogP contribution in [0.25, 0.3) is 5.69 Å². The molecule has 122 valence electrons. The number of aromatic nitrogens is 3. The van der Waals surface area contributed by atoms with Gasteiger partial charge in [0.15, 0.2) is 5.16 Å². The maximum atomic E-state index is 12.1. The SMILES string of the molecule is Cc1ccccc1-n1ccnc1SCC(=O)Nc1ccc(Cl)cn1. The van der Waals surface area contributed by atoms with E-state index in [1.54, 1.807) is 18.3 Å². The van der Waals surface area contributed by atoms with Crippen LogP contribution >= 0.6 is 23.4 Å². The number of thioether (sulfide) groups is 1. The van der Waals surface area contributed by atoms with Crippen LogP contribution < -0.4 is 5.32 Å². The highest BCUT2D eigenvalue weighted by Gasteiger charge is 2.10. The second-order valence-electron chi connectivity index (χ2n) is 5.06. The van der Waals surface area contributed by atoms with Gasteiger partial charge >= 0.3 is 0 Å². The maximum absolute atomic E-state index is 12.1. The number of halogens is 1. The highest BCUT2D eigenvalue weighted by atomic mass is 35.5. The fourth-order valence-electron chi connectivity index (χ4n) is 2.17. The molecule has 1 amide bonds. The number of benzene rings is 1. The Hall–Kier alpha value is -2.31. The van der Waals surface area contributed by atoms with Crippen LogP contribution in [-0.4, -0.2) is 26.2 Å². The smallest absolute Gasteiger partial charge is 0.236 e. The largest absolute Gasteiger partial charge is 0.310 e. The number of carbonyl (C=O) groups is 1. The van der Waals surface area contributed by atoms with Gasteiger partial charge in [0.05, 0.1) is 16.5 Å². The van der Waals surface area contributed by atoms with Gasteiger partial charge < -0.3 is 5.32 Å². The first-order valence-corrected chi connectivity index (χ1v) is 8.63. The number of nitrogens with one attached hydrogen (secondary N) is 1. The quantitative estimate of drug-likeness (QED) is 0.701. The number of aryl methyl sites for hydroxylation is 1. The molecule has 0 radical (unpaired) electrons. The lowest BCUT2D eigenvalue weighted by molar-refractivity contribution is -0.113. The molecule has 0 fully saturated rings. The van der Waals surface area contributed by atoms with Gasteiger partial charge in [-0.1, -0.05) is 41.6 Å². The molecule has 0 saturated carbocycles. The topological polar surface area (TPSA) is 59.8 Å². The number of amides is 1. The fraction of sp³-hybridized carbons (Fsp3) is 0.118. The van der Waals surface area contributed by atoms with Crippen LogP contribution in [0.15, 0.2) is 60.1 Å². The lowest BCUT2D eigenvalue weighted by Gasteiger charge is -2.10. The van der Waals surface area contributed by atoms with Gasteiger partial charge in [0, 0.05) is 18.6 Å². The summed E-state index contributed by atoms with van der Waals surface area (Å²) in [6, 6.07) is 11.4. The fourth-order valence-corrected chi connectivity index (χ4v) is 3.05. The number of imidazole rings is 1. The number of rotatable bonds is 5. The van der Waals surface area contributed by atoms with Crippen molar-refractivity contribution in [2.24, 2.45) is 0 Å². The molecule has 7 heteroatoms. The predicted octanol–water partition coefficient (Wildman–Crippen LogP) is 3.96. The summed E-state index contributed by atoms with van der Waals surface area (Å²) in [5.74, 6) is 0.578. The highest BCUT2D eigenvalue weighted by molar-refractivity contribution is 7.99. The number of pyridine rings is 1. The van der Waals surface area contributed by atoms with Crippen molar-refractivity contribution in [3.05, 3.63) is 65.6 Å². The summed E-state index contributed by atoms with van der Waals surface area (Å²) in [4.78, 5) is 20.4. The molecular formula is C17H15ClN4OS. The van der Waals surface area contributed by atoms with Crippen LogP contribution in [0.1, 0.15) is 5.56 Å². The van der Waals surface area contributed by atoms with Crippen LogP contribution in [-0.2, 0) is 4.79 Å². The monoisotopic (exact) mass is 358 g/mol. The summed E-state index contributed by atoms with van der Waals surface area (Å²) in [6.07, 6.45) is 5.12. The standard InChI is InChI=1S/C17H15ClN4OS/c1-12-4-2-3-5-14(12)22-9-8-19-17(22)24-11-16(23)21-15-7-6-13(18)10-20-15/h2-10H,11H2,1H3,(H,20,21,23). The predicted molar refractivity (Wildman–Crippen MR) is 96.9 cm³/mol. The third-order valence-electron chi connectivity index (χ3n) is 3.31. The lowest BCUT2D eigenvalue weighted by Crippen LogP contribution is -2.15. The molecule has 3 aromatic rings. The Balaban J connectivity index is 1.65. The molecule has 0 bridgehead atoms. The van der Waals surface area contributed by atoms with E-state index >= 15 is 0 Å². The minimum absolute atomic E-state index is 0.144. The molecular weight excluding hydrogens is 344 g/mol. The molecule has 0 unspecified atom stereocenters. The Kier molecular flexibility index (Phi) is 5.17. The first-order valence-electron chi connectivity index (χ1n) is 7.27. The first kappa shape index (κ1) is 16.5. The van der Waals surface area contributed by atoms with Crippen LogP contribution in [0, 0.1) is 6.92 Å². The normalized spacial score (nSPS) is 10.6. The Labute approximate surface area is 149 Å². The molecule has 0 atom stereocenters. The Morgan fingerprint density at radius 2 is 2.08 bits per heavy atom. The summed E-state index contributed by atoms with van der Waals surface area (Å²) >= 11 is 7.15. The summed E-state index contributed by atoms with van der Waals surface area (Å²) in [5, 5.41) is 4.03. The summed E-state index contributed by atoms with van der Waals surface area (Å²) in [6.45, 7) is 2.04. The molecule has 0 spiro atoms. The second kappa shape index (κ2) is 7.51. The molecule has 2 heterocycles. The first-order chi connectivity index (χ1) is 11.6. The van der Waals surface area contributed by atoms with Gasteiger partial charge in [-0.15, -0.1) is 0 Å². The zero-order valence-electron chi connectivity index (χ0n) is 12.9. The van der Waals surface area contributed by atoms with Crippen molar-refractivity contribution in [1.82, 2.24) is 14.5 Å². The van der Waals surface area contributed by atoms with Crippen molar-refractivity contribution >= 4 is 35.1 Å². The maximum Gasteiger partial charge on any atom is 0.236 e. The molecule has 1 N–H and O–H groups in total. The van der Waals surface area contributed by atoms with Crippen molar-refractivity contribution in [2.75, 3.05) is 11.1 Å². The van der Waals surface area contributed by atoms with Gasteiger partial charge in [0.2, 0.25) is 5.91 Å². The average molecular weight is 359 g/mol. The summed E-state index contributed by atoms with van der Waals surface area (Å²) in [7, 11) is 0. The van der Waals surface area contributed by atoms with Crippen molar-refractivity contribution in [3.63, 3.8) is 0 Å². The van der Waals surface area contributed by atoms with E-state index in [1.165, 1.54) is 18.0 Å². The zero-order valence-corrected chi connectivity index (χ0v) is 14.5. The minimum atomic E-state index is -0.144. The van der Waals surface area contributed by atoms with E-state index in [1.807, 2.05) is 42.0 Å². The van der Waals surface area contributed by atoms with E-state index in [0.717, 1.165) is 16.4 Å². The van der Waals surface area contributed by atoms with Crippen LogP contribution in [0.4, 0.5) is 5.82 Å². The molecule has 3 rings (SSSR count). The molecule has 1 aromatic carbocycles. The highest BCUT2D eigenvalue weighted by Crippen LogP contribution is 2.22. The van der Waals surface area contributed by atoms with Crippen LogP contribution in [0.5, 0.6) is 0 Å². The van der Waals surface area contributed by atoms with Gasteiger partial charge in [-0.25, -0.2) is 9.97 Å². The van der Waals surface area contributed by atoms with Crippen LogP contribution in [0.3, 0.4) is 0 Å². The zero-order chi connectivity index (χ0) is 16.9. The Morgan fingerprint density at radius 3 is 2.83 bits per heavy atom. The van der Waals surface area contributed by atoms with Gasteiger partial charge in [-0.05, 0) is 30.7 Å².